The molecule has 0 aliphatic carbocycles. The highest BCUT2D eigenvalue weighted by Crippen LogP contribution is 2.34. The fourth-order valence-corrected chi connectivity index (χ4v) is 5.95. The topological polar surface area (TPSA) is 109 Å². The molecule has 0 aliphatic heterocycles. The fourth-order valence-electron chi connectivity index (χ4n) is 3.82. The lowest BCUT2D eigenvalue weighted by Gasteiger charge is -2.13. The van der Waals surface area contributed by atoms with Crippen LogP contribution in [0.2, 0.25) is 0 Å². The normalized spacial score (nSPS) is 11.7. The highest BCUT2D eigenvalue weighted by atomic mass is 79.9. The van der Waals surface area contributed by atoms with Crippen LogP contribution in [0, 0.1) is 6.92 Å². The van der Waals surface area contributed by atoms with E-state index in [9.17, 15) is 22.8 Å². The molecule has 0 N–H and O–H groups in total. The molecule has 0 saturated carbocycles. The number of hydrogen-bond donors (Lipinski definition) is 0. The monoisotopic (exact) mass is 559 g/mol. The van der Waals surface area contributed by atoms with E-state index < -0.39 is 21.6 Å². The summed E-state index contributed by atoms with van der Waals surface area (Å²) in [4.78, 5) is 38.5. The molecule has 11 heteroatoms. The van der Waals surface area contributed by atoms with E-state index in [1.165, 1.54) is 46.6 Å². The summed E-state index contributed by atoms with van der Waals surface area (Å²) in [6.45, 7) is 3.42. The molecule has 4 aromatic rings. The predicted molar refractivity (Wildman–Crippen MR) is 135 cm³/mol. The Morgan fingerprint density at radius 1 is 1.00 bits per heavy atom. The van der Waals surface area contributed by atoms with Crippen molar-refractivity contribution >= 4 is 42.8 Å². The van der Waals surface area contributed by atoms with Gasteiger partial charge in [0.15, 0.2) is 0 Å². The number of carbonyl (C=O) groups excluding carboxylic acids is 1. The van der Waals surface area contributed by atoms with E-state index in [0.717, 1.165) is 9.54 Å². The number of ether oxygens (including phenoxy) is 1. The zero-order valence-corrected chi connectivity index (χ0v) is 21.8. The molecule has 0 saturated heterocycles. The Bertz CT molecular complexity index is 1710. The number of benzene rings is 1. The summed E-state index contributed by atoms with van der Waals surface area (Å²) in [5.74, 6) is -0.893. The number of esters is 1. The molecule has 0 radical (unpaired) electrons. The average Bonchev–Trinajstić information content (AvgIpc) is 3.21. The van der Waals surface area contributed by atoms with Crippen LogP contribution in [0.5, 0.6) is 0 Å². The summed E-state index contributed by atoms with van der Waals surface area (Å²) >= 11 is 3.45. The number of halogens is 1. The van der Waals surface area contributed by atoms with Crippen molar-refractivity contribution in [1.82, 2.24) is 13.1 Å². The Kier molecular flexibility index (Phi) is 6.32. The van der Waals surface area contributed by atoms with Gasteiger partial charge in [0, 0.05) is 53.5 Å². The summed E-state index contributed by atoms with van der Waals surface area (Å²) in [5, 5.41) is 0.195. The number of aromatic nitrogens is 3. The molecule has 4 rings (SSSR count). The molecule has 182 valence electrons. The molecule has 0 amide bonds. The first-order chi connectivity index (χ1) is 16.5. The SMILES string of the molecule is CCOC(=O)c1cc2c(-c3cc(=O)n(C)cc3Br)cn(C)c(=O)c2n1S(=O)(=O)c1ccc(C)cc1. The van der Waals surface area contributed by atoms with Crippen LogP contribution >= 0.6 is 15.9 Å². The lowest BCUT2D eigenvalue weighted by atomic mass is 10.1. The number of carbonyl (C=O) groups is 1. The first-order valence-corrected chi connectivity index (χ1v) is 12.8. The first kappa shape index (κ1) is 24.7. The fraction of sp³-hybridized carbons (Fsp3) is 0.208. The molecule has 3 aromatic heterocycles. The van der Waals surface area contributed by atoms with Crippen molar-refractivity contribution in [3.63, 3.8) is 0 Å². The van der Waals surface area contributed by atoms with Gasteiger partial charge >= 0.3 is 5.97 Å². The summed E-state index contributed by atoms with van der Waals surface area (Å²) in [5.41, 5.74) is 0.218. The first-order valence-electron chi connectivity index (χ1n) is 10.6. The Hall–Kier alpha value is -3.44. The number of fused-ring (bicyclic) bond motifs is 1. The summed E-state index contributed by atoms with van der Waals surface area (Å²) in [7, 11) is -1.31. The number of nitrogens with zero attached hydrogens (tertiary/aromatic N) is 3. The van der Waals surface area contributed by atoms with Gasteiger partial charge < -0.3 is 13.9 Å². The van der Waals surface area contributed by atoms with Gasteiger partial charge in [0.1, 0.15) is 11.2 Å². The van der Waals surface area contributed by atoms with E-state index >= 15 is 0 Å². The van der Waals surface area contributed by atoms with E-state index in [-0.39, 0.29) is 33.7 Å². The van der Waals surface area contributed by atoms with Gasteiger partial charge in [-0.1, -0.05) is 17.7 Å². The molecular weight excluding hydrogens is 538 g/mol. The van der Waals surface area contributed by atoms with Gasteiger partial charge in [-0.15, -0.1) is 0 Å². The van der Waals surface area contributed by atoms with Gasteiger partial charge in [-0.2, -0.15) is 0 Å². The average molecular weight is 560 g/mol. The third-order valence-electron chi connectivity index (χ3n) is 5.61. The molecule has 3 heterocycles. The van der Waals surface area contributed by atoms with Crippen LogP contribution in [0.3, 0.4) is 0 Å². The molecule has 0 fully saturated rings. The van der Waals surface area contributed by atoms with E-state index in [0.29, 0.717) is 15.6 Å². The minimum atomic E-state index is -4.37. The predicted octanol–water partition coefficient (Wildman–Crippen LogP) is 3.19. The van der Waals surface area contributed by atoms with Crippen molar-refractivity contribution in [3.05, 3.63) is 85.2 Å². The van der Waals surface area contributed by atoms with Crippen molar-refractivity contribution in [2.24, 2.45) is 14.1 Å². The van der Waals surface area contributed by atoms with Crippen LogP contribution in [0.15, 0.2) is 67.7 Å². The van der Waals surface area contributed by atoms with Crippen LogP contribution in [-0.2, 0) is 28.9 Å². The Morgan fingerprint density at radius 2 is 1.66 bits per heavy atom. The van der Waals surface area contributed by atoms with Crippen LogP contribution < -0.4 is 11.1 Å². The molecule has 0 spiro atoms. The van der Waals surface area contributed by atoms with E-state index in [4.69, 9.17) is 4.74 Å². The van der Waals surface area contributed by atoms with Gasteiger partial charge in [0.05, 0.1) is 11.5 Å². The highest BCUT2D eigenvalue weighted by Gasteiger charge is 2.30. The van der Waals surface area contributed by atoms with Gasteiger partial charge in [0.25, 0.3) is 21.1 Å². The standard InChI is InChI=1S/C24H22BrN3O6S/c1-5-34-24(31)20-10-17-18(16-11-21(29)26(3)13-19(16)25)12-27(4)23(30)22(17)28(20)35(32,33)15-8-6-14(2)7-9-15/h6-13H,5H2,1-4H3. The zero-order valence-electron chi connectivity index (χ0n) is 19.4. The maximum Gasteiger partial charge on any atom is 0.356 e. The van der Waals surface area contributed by atoms with Gasteiger partial charge in [-0.3, -0.25) is 9.59 Å². The second kappa shape index (κ2) is 8.97. The number of pyridine rings is 2. The summed E-state index contributed by atoms with van der Waals surface area (Å²) < 4.78 is 36.6. The Morgan fingerprint density at radius 3 is 2.29 bits per heavy atom. The molecule has 0 atom stereocenters. The van der Waals surface area contributed by atoms with Crippen molar-refractivity contribution in [2.75, 3.05) is 6.61 Å². The molecule has 35 heavy (non-hydrogen) atoms. The van der Waals surface area contributed by atoms with Gasteiger partial charge in [0.2, 0.25) is 0 Å². The molecule has 0 aliphatic rings. The van der Waals surface area contributed by atoms with Crippen molar-refractivity contribution in [2.45, 2.75) is 18.7 Å². The maximum atomic E-state index is 13.8. The largest absolute Gasteiger partial charge is 0.461 e. The van der Waals surface area contributed by atoms with Crippen LogP contribution in [0.4, 0.5) is 0 Å². The maximum absolute atomic E-state index is 13.8. The van der Waals surface area contributed by atoms with Gasteiger partial charge in [-0.05, 0) is 48.0 Å². The Labute approximate surface area is 209 Å². The lowest BCUT2D eigenvalue weighted by molar-refractivity contribution is 0.0518. The highest BCUT2D eigenvalue weighted by molar-refractivity contribution is 9.10. The van der Waals surface area contributed by atoms with Crippen LogP contribution in [-0.4, -0.2) is 34.1 Å². The summed E-state index contributed by atoms with van der Waals surface area (Å²) in [6, 6.07) is 8.78. The third-order valence-corrected chi connectivity index (χ3v) is 7.97. The smallest absolute Gasteiger partial charge is 0.356 e. The quantitative estimate of drug-likeness (QED) is 0.347. The number of hydrogen-bond acceptors (Lipinski definition) is 6. The van der Waals surface area contributed by atoms with Crippen molar-refractivity contribution in [3.8, 4) is 11.1 Å². The van der Waals surface area contributed by atoms with Crippen molar-refractivity contribution < 1.29 is 17.9 Å². The van der Waals surface area contributed by atoms with Gasteiger partial charge in [-0.25, -0.2) is 17.2 Å². The third kappa shape index (κ3) is 4.14. The second-order valence-corrected chi connectivity index (χ2v) is 10.7. The molecule has 9 nitrogen and oxygen atoms in total. The molecule has 0 unspecified atom stereocenters. The minimum absolute atomic E-state index is 0.0100. The minimum Gasteiger partial charge on any atom is -0.461 e. The van der Waals surface area contributed by atoms with E-state index in [1.54, 1.807) is 32.3 Å². The number of aryl methyl sites for hydroxylation is 3. The lowest BCUT2D eigenvalue weighted by Crippen LogP contribution is -2.25. The van der Waals surface area contributed by atoms with E-state index in [2.05, 4.69) is 15.9 Å². The molecule has 1 aromatic carbocycles. The van der Waals surface area contributed by atoms with Crippen LogP contribution in [0.1, 0.15) is 23.0 Å². The number of rotatable bonds is 5. The van der Waals surface area contributed by atoms with E-state index in [1.807, 2.05) is 6.92 Å². The molecular formula is C24H22BrN3O6S. The van der Waals surface area contributed by atoms with Crippen LogP contribution in [0.25, 0.3) is 22.0 Å². The molecule has 0 bridgehead atoms. The van der Waals surface area contributed by atoms with Crippen molar-refractivity contribution in [1.29, 1.82) is 0 Å². The second-order valence-electron chi connectivity index (χ2n) is 8.04. The summed E-state index contributed by atoms with van der Waals surface area (Å²) in [6.07, 6.45) is 3.07. The Balaban J connectivity index is 2.18. The zero-order chi connectivity index (χ0) is 25.7.